The number of hydrogen-bond acceptors (Lipinski definition) is 1. The lowest BCUT2D eigenvalue weighted by atomic mass is 10.1. The molecular weight excluding hydrogens is 257 g/mol. The summed E-state index contributed by atoms with van der Waals surface area (Å²) in [6.07, 6.45) is 0.796. The van der Waals surface area contributed by atoms with Crippen molar-refractivity contribution in [1.29, 1.82) is 0 Å². The molecule has 0 fully saturated rings. The molecule has 0 saturated heterocycles. The van der Waals surface area contributed by atoms with E-state index in [1.807, 2.05) is 26.0 Å². The molecule has 0 aromatic heterocycles. The van der Waals surface area contributed by atoms with Gasteiger partial charge in [-0.3, -0.25) is 4.79 Å². The van der Waals surface area contributed by atoms with Crippen LogP contribution in [0, 0.1) is 6.92 Å². The highest BCUT2D eigenvalue weighted by Crippen LogP contribution is 2.21. The molecule has 0 bridgehead atoms. The summed E-state index contributed by atoms with van der Waals surface area (Å²) >= 11 is 11.8. The van der Waals surface area contributed by atoms with Crippen LogP contribution in [0.15, 0.2) is 18.2 Å². The van der Waals surface area contributed by atoms with Crippen LogP contribution in [0.1, 0.15) is 29.3 Å². The smallest absolute Gasteiger partial charge is 0.255 e. The van der Waals surface area contributed by atoms with E-state index >= 15 is 0 Å². The number of alkyl halides is 1. The average molecular weight is 274 g/mol. The molecule has 0 N–H and O–H groups in total. The van der Waals surface area contributed by atoms with Crippen molar-refractivity contribution in [1.82, 2.24) is 4.90 Å². The first-order valence-corrected chi connectivity index (χ1v) is 6.63. The van der Waals surface area contributed by atoms with E-state index in [0.29, 0.717) is 29.6 Å². The van der Waals surface area contributed by atoms with Crippen LogP contribution in [0.25, 0.3) is 0 Å². The van der Waals surface area contributed by atoms with Crippen LogP contribution >= 0.6 is 23.2 Å². The molecule has 0 unspecified atom stereocenters. The van der Waals surface area contributed by atoms with Crippen LogP contribution in [-0.2, 0) is 0 Å². The van der Waals surface area contributed by atoms with E-state index in [-0.39, 0.29) is 5.91 Å². The normalized spacial score (nSPS) is 10.4. The summed E-state index contributed by atoms with van der Waals surface area (Å²) in [6.45, 7) is 5.19. The second-order valence-electron chi connectivity index (χ2n) is 3.86. The molecule has 17 heavy (non-hydrogen) atoms. The number of benzene rings is 1. The fourth-order valence-electron chi connectivity index (χ4n) is 1.64. The van der Waals surface area contributed by atoms with Crippen molar-refractivity contribution in [3.63, 3.8) is 0 Å². The first-order valence-electron chi connectivity index (χ1n) is 5.72. The maximum atomic E-state index is 12.3. The van der Waals surface area contributed by atoms with Crippen LogP contribution in [0.2, 0.25) is 5.02 Å². The molecule has 0 atom stereocenters. The van der Waals surface area contributed by atoms with Crippen molar-refractivity contribution < 1.29 is 4.79 Å². The lowest BCUT2D eigenvalue weighted by Gasteiger charge is -2.21. The van der Waals surface area contributed by atoms with Crippen molar-refractivity contribution >= 4 is 29.1 Å². The lowest BCUT2D eigenvalue weighted by Crippen LogP contribution is -2.32. The largest absolute Gasteiger partial charge is 0.339 e. The topological polar surface area (TPSA) is 20.3 Å². The minimum atomic E-state index is -0.0219. The van der Waals surface area contributed by atoms with Crippen LogP contribution < -0.4 is 0 Å². The Balaban J connectivity index is 2.90. The number of halogens is 2. The van der Waals surface area contributed by atoms with E-state index in [9.17, 15) is 4.79 Å². The highest BCUT2D eigenvalue weighted by Gasteiger charge is 2.17. The van der Waals surface area contributed by atoms with Gasteiger partial charge < -0.3 is 4.90 Å². The van der Waals surface area contributed by atoms with Gasteiger partial charge in [-0.2, -0.15) is 0 Å². The zero-order valence-corrected chi connectivity index (χ0v) is 11.7. The number of amides is 1. The van der Waals surface area contributed by atoms with Crippen molar-refractivity contribution in [3.05, 3.63) is 34.3 Å². The molecule has 1 aromatic rings. The predicted molar refractivity (Wildman–Crippen MR) is 73.1 cm³/mol. The molecule has 1 amide bonds. The number of hydrogen-bond donors (Lipinski definition) is 0. The van der Waals surface area contributed by atoms with Crippen molar-refractivity contribution in [2.45, 2.75) is 20.3 Å². The highest BCUT2D eigenvalue weighted by molar-refractivity contribution is 6.34. The zero-order valence-electron chi connectivity index (χ0n) is 10.2. The molecule has 1 aromatic carbocycles. The third kappa shape index (κ3) is 3.62. The van der Waals surface area contributed by atoms with Crippen molar-refractivity contribution in [3.8, 4) is 0 Å². The summed E-state index contributed by atoms with van der Waals surface area (Å²) < 4.78 is 0. The fraction of sp³-hybridized carbons (Fsp3) is 0.462. The SMILES string of the molecule is CCN(CCCCl)C(=O)c1cccc(C)c1Cl. The average Bonchev–Trinajstić information content (AvgIpc) is 2.33. The second-order valence-corrected chi connectivity index (χ2v) is 4.62. The molecule has 1 rings (SSSR count). The summed E-state index contributed by atoms with van der Waals surface area (Å²) in [5.41, 5.74) is 1.49. The van der Waals surface area contributed by atoms with E-state index < -0.39 is 0 Å². The van der Waals surface area contributed by atoms with Gasteiger partial charge in [-0.1, -0.05) is 23.7 Å². The molecular formula is C13H17Cl2NO. The minimum absolute atomic E-state index is 0.0219. The highest BCUT2D eigenvalue weighted by atomic mass is 35.5. The van der Waals surface area contributed by atoms with Gasteiger partial charge in [-0.05, 0) is 31.9 Å². The molecule has 4 heteroatoms. The van der Waals surface area contributed by atoms with Gasteiger partial charge in [0.05, 0.1) is 10.6 Å². The fourth-order valence-corrected chi connectivity index (χ4v) is 1.96. The number of carbonyl (C=O) groups is 1. The zero-order chi connectivity index (χ0) is 12.8. The van der Waals surface area contributed by atoms with Crippen LogP contribution in [-0.4, -0.2) is 29.8 Å². The Hall–Kier alpha value is -0.730. The third-order valence-electron chi connectivity index (χ3n) is 2.65. The molecule has 0 spiro atoms. The molecule has 0 aliphatic heterocycles. The third-order valence-corrected chi connectivity index (χ3v) is 3.42. The molecule has 0 heterocycles. The van der Waals surface area contributed by atoms with Gasteiger partial charge in [-0.25, -0.2) is 0 Å². The van der Waals surface area contributed by atoms with Crippen LogP contribution in [0.3, 0.4) is 0 Å². The first-order chi connectivity index (χ1) is 8.11. The maximum absolute atomic E-state index is 12.3. The van der Waals surface area contributed by atoms with Crippen LogP contribution in [0.4, 0.5) is 0 Å². The Bertz CT molecular complexity index is 393. The predicted octanol–water partition coefficient (Wildman–Crippen LogP) is 3.74. The minimum Gasteiger partial charge on any atom is -0.339 e. The number of aryl methyl sites for hydroxylation is 1. The van der Waals surface area contributed by atoms with Gasteiger partial charge in [0.1, 0.15) is 0 Å². The second kappa shape index (κ2) is 6.87. The van der Waals surface area contributed by atoms with E-state index in [0.717, 1.165) is 12.0 Å². The van der Waals surface area contributed by atoms with Gasteiger partial charge in [0.15, 0.2) is 0 Å². The molecule has 0 saturated carbocycles. The van der Waals surface area contributed by atoms with E-state index in [2.05, 4.69) is 0 Å². The maximum Gasteiger partial charge on any atom is 0.255 e. The molecule has 0 aliphatic carbocycles. The number of nitrogens with zero attached hydrogens (tertiary/aromatic N) is 1. The number of carbonyl (C=O) groups excluding carboxylic acids is 1. The Morgan fingerprint density at radius 1 is 1.41 bits per heavy atom. The summed E-state index contributed by atoms with van der Waals surface area (Å²) in [7, 11) is 0. The summed E-state index contributed by atoms with van der Waals surface area (Å²) in [6, 6.07) is 5.51. The van der Waals surface area contributed by atoms with Crippen molar-refractivity contribution in [2.75, 3.05) is 19.0 Å². The van der Waals surface area contributed by atoms with Gasteiger partial charge in [-0.15, -0.1) is 11.6 Å². The van der Waals surface area contributed by atoms with E-state index in [1.54, 1.807) is 11.0 Å². The van der Waals surface area contributed by atoms with Gasteiger partial charge in [0, 0.05) is 19.0 Å². The summed E-state index contributed by atoms with van der Waals surface area (Å²) in [5, 5.41) is 0.543. The Morgan fingerprint density at radius 3 is 2.71 bits per heavy atom. The molecule has 0 radical (unpaired) electrons. The number of rotatable bonds is 5. The van der Waals surface area contributed by atoms with E-state index in [1.165, 1.54) is 0 Å². The van der Waals surface area contributed by atoms with Crippen LogP contribution in [0.5, 0.6) is 0 Å². The first kappa shape index (κ1) is 14.3. The summed E-state index contributed by atoms with van der Waals surface area (Å²) in [5.74, 6) is 0.539. The van der Waals surface area contributed by atoms with Gasteiger partial charge in [0.25, 0.3) is 5.91 Å². The summed E-state index contributed by atoms with van der Waals surface area (Å²) in [4.78, 5) is 14.0. The quantitative estimate of drug-likeness (QED) is 0.749. The standard InChI is InChI=1S/C13H17Cl2NO/c1-3-16(9-5-8-14)13(17)11-7-4-6-10(2)12(11)15/h4,6-7H,3,5,8-9H2,1-2H3. The lowest BCUT2D eigenvalue weighted by molar-refractivity contribution is 0.0765. The molecule has 94 valence electrons. The Kier molecular flexibility index (Phi) is 5.79. The van der Waals surface area contributed by atoms with Gasteiger partial charge in [0.2, 0.25) is 0 Å². The van der Waals surface area contributed by atoms with Crippen molar-refractivity contribution in [2.24, 2.45) is 0 Å². The monoisotopic (exact) mass is 273 g/mol. The van der Waals surface area contributed by atoms with Gasteiger partial charge >= 0.3 is 0 Å². The van der Waals surface area contributed by atoms with E-state index in [4.69, 9.17) is 23.2 Å². The molecule has 0 aliphatic rings. The Labute approximate surface area is 113 Å². The molecule has 2 nitrogen and oxygen atoms in total. The Morgan fingerprint density at radius 2 is 2.12 bits per heavy atom.